The van der Waals surface area contributed by atoms with Gasteiger partial charge in [0.1, 0.15) is 5.92 Å². The van der Waals surface area contributed by atoms with Crippen LogP contribution in [0.25, 0.3) is 0 Å². The van der Waals surface area contributed by atoms with Crippen LogP contribution in [-0.4, -0.2) is 50.7 Å². The molecule has 0 radical (unpaired) electrons. The molecule has 1 fully saturated rings. The summed E-state index contributed by atoms with van der Waals surface area (Å²) >= 11 is 0. The minimum Gasteiger partial charge on any atom is -0.481 e. The van der Waals surface area contributed by atoms with Crippen molar-refractivity contribution < 1.29 is 18.9 Å². The fourth-order valence-electron chi connectivity index (χ4n) is 1.44. The van der Waals surface area contributed by atoms with Crippen LogP contribution in [0, 0.1) is 5.92 Å². The van der Waals surface area contributed by atoms with Crippen molar-refractivity contribution in [1.29, 1.82) is 0 Å². The lowest BCUT2D eigenvalue weighted by Crippen LogP contribution is -2.39. The largest absolute Gasteiger partial charge is 0.481 e. The van der Waals surface area contributed by atoms with E-state index in [0.717, 1.165) is 0 Å². The van der Waals surface area contributed by atoms with E-state index in [2.05, 4.69) is 0 Å². The first-order chi connectivity index (χ1) is 7.02. The average molecular weight is 233 g/mol. The zero-order valence-electron chi connectivity index (χ0n) is 8.64. The maximum absolute atomic E-state index is 11.6. The van der Waals surface area contributed by atoms with Crippen molar-refractivity contribution in [2.75, 3.05) is 24.6 Å². The van der Waals surface area contributed by atoms with Crippen molar-refractivity contribution >= 4 is 22.7 Å². The zero-order valence-corrected chi connectivity index (χ0v) is 9.46. The number of nitrogens with zero attached hydrogens (tertiary/aromatic N) is 1. The number of carbonyl (C=O) groups excluding carboxylic acids is 1. The van der Waals surface area contributed by atoms with Crippen LogP contribution in [0.2, 0.25) is 0 Å². The molecule has 1 saturated heterocycles. The minimum atomic E-state index is -1.11. The number of amides is 1. The summed E-state index contributed by atoms with van der Waals surface area (Å²) in [5.74, 6) is -1.42. The van der Waals surface area contributed by atoms with Crippen LogP contribution < -0.4 is 0 Å². The van der Waals surface area contributed by atoms with E-state index in [1.165, 1.54) is 11.8 Å². The number of aliphatic carboxylic acids is 1. The van der Waals surface area contributed by atoms with Gasteiger partial charge in [-0.25, -0.2) is 0 Å². The Morgan fingerprint density at radius 2 is 2.00 bits per heavy atom. The van der Waals surface area contributed by atoms with E-state index < -0.39 is 22.7 Å². The van der Waals surface area contributed by atoms with Gasteiger partial charge in [0, 0.05) is 35.4 Å². The number of carboxylic acid groups (broad SMARTS) is 1. The van der Waals surface area contributed by atoms with Crippen molar-refractivity contribution in [3.05, 3.63) is 0 Å². The Morgan fingerprint density at radius 1 is 1.33 bits per heavy atom. The second-order valence-corrected chi connectivity index (χ2v) is 5.28. The second-order valence-electron chi connectivity index (χ2n) is 3.59. The standard InChI is InChI=1S/C9H15NO4S/c1-7(9(12)13)8(11)10-3-2-5-15(14)6-4-10/h7H,2-6H2,1H3,(H,12,13). The summed E-state index contributed by atoms with van der Waals surface area (Å²) in [6.45, 7) is 2.30. The molecule has 1 aliphatic heterocycles. The molecule has 2 atom stereocenters. The van der Waals surface area contributed by atoms with Gasteiger partial charge in [0.25, 0.3) is 0 Å². The van der Waals surface area contributed by atoms with Crippen LogP contribution in [0.1, 0.15) is 13.3 Å². The molecule has 1 amide bonds. The molecule has 1 rings (SSSR count). The van der Waals surface area contributed by atoms with E-state index in [-0.39, 0.29) is 5.91 Å². The molecule has 15 heavy (non-hydrogen) atoms. The van der Waals surface area contributed by atoms with Gasteiger partial charge >= 0.3 is 5.97 Å². The minimum absolute atomic E-state index is 0.374. The average Bonchev–Trinajstić information content (AvgIpc) is 2.40. The van der Waals surface area contributed by atoms with E-state index in [9.17, 15) is 13.8 Å². The van der Waals surface area contributed by atoms with E-state index in [1.54, 1.807) is 0 Å². The molecule has 1 aliphatic rings. The van der Waals surface area contributed by atoms with E-state index in [4.69, 9.17) is 5.11 Å². The summed E-state index contributed by atoms with van der Waals surface area (Å²) in [5.41, 5.74) is 0. The van der Waals surface area contributed by atoms with Gasteiger partial charge in [-0.2, -0.15) is 0 Å². The Labute approximate surface area is 90.9 Å². The molecular formula is C9H15NO4S. The van der Waals surface area contributed by atoms with E-state index in [1.807, 2.05) is 0 Å². The lowest BCUT2D eigenvalue weighted by atomic mass is 10.1. The number of carbonyl (C=O) groups is 2. The molecule has 86 valence electrons. The van der Waals surface area contributed by atoms with Crippen molar-refractivity contribution in [3.8, 4) is 0 Å². The third-order valence-electron chi connectivity index (χ3n) is 2.44. The molecule has 5 nitrogen and oxygen atoms in total. The van der Waals surface area contributed by atoms with E-state index in [0.29, 0.717) is 31.0 Å². The Morgan fingerprint density at radius 3 is 2.60 bits per heavy atom. The highest BCUT2D eigenvalue weighted by Gasteiger charge is 2.27. The SMILES string of the molecule is CC(C(=O)O)C(=O)N1CCCS(=O)CC1. The van der Waals surface area contributed by atoms with Crippen LogP contribution in [0.3, 0.4) is 0 Å². The van der Waals surface area contributed by atoms with Gasteiger partial charge in [0.2, 0.25) is 5.91 Å². The zero-order chi connectivity index (χ0) is 11.4. The number of hydrogen-bond donors (Lipinski definition) is 1. The maximum atomic E-state index is 11.6. The normalized spacial score (nSPS) is 24.3. The predicted molar refractivity (Wildman–Crippen MR) is 55.9 cm³/mol. The van der Waals surface area contributed by atoms with Crippen LogP contribution >= 0.6 is 0 Å². The fraction of sp³-hybridized carbons (Fsp3) is 0.778. The van der Waals surface area contributed by atoms with Crippen LogP contribution in [0.5, 0.6) is 0 Å². The smallest absolute Gasteiger partial charge is 0.315 e. The molecule has 2 unspecified atom stereocenters. The van der Waals surface area contributed by atoms with Crippen molar-refractivity contribution in [2.45, 2.75) is 13.3 Å². The highest BCUT2D eigenvalue weighted by atomic mass is 32.2. The lowest BCUT2D eigenvalue weighted by molar-refractivity contribution is -0.150. The first-order valence-corrected chi connectivity index (χ1v) is 6.37. The third kappa shape index (κ3) is 3.30. The summed E-state index contributed by atoms with van der Waals surface area (Å²) in [6.07, 6.45) is 0.685. The van der Waals surface area contributed by atoms with Crippen LogP contribution in [0.15, 0.2) is 0 Å². The fourth-order valence-corrected chi connectivity index (χ4v) is 2.52. The van der Waals surface area contributed by atoms with Crippen LogP contribution in [-0.2, 0) is 20.4 Å². The quantitative estimate of drug-likeness (QED) is 0.664. The van der Waals surface area contributed by atoms with Gasteiger partial charge in [-0.1, -0.05) is 0 Å². The Hall–Kier alpha value is -0.910. The van der Waals surface area contributed by atoms with Gasteiger partial charge in [0.15, 0.2) is 0 Å². The number of carboxylic acids is 1. The summed E-state index contributed by atoms with van der Waals surface area (Å²) in [7, 11) is -0.860. The topological polar surface area (TPSA) is 74.7 Å². The maximum Gasteiger partial charge on any atom is 0.315 e. The molecule has 0 aromatic carbocycles. The molecule has 1 N–H and O–H groups in total. The van der Waals surface area contributed by atoms with Gasteiger partial charge < -0.3 is 10.0 Å². The van der Waals surface area contributed by atoms with Gasteiger partial charge in [0.05, 0.1) is 0 Å². The molecule has 0 aromatic rings. The van der Waals surface area contributed by atoms with Gasteiger partial charge in [-0.3, -0.25) is 13.8 Å². The summed E-state index contributed by atoms with van der Waals surface area (Å²) in [5, 5.41) is 8.70. The Kier molecular flexibility index (Phi) is 4.26. The molecule has 0 aliphatic carbocycles. The number of rotatable bonds is 2. The molecule has 0 spiro atoms. The second kappa shape index (κ2) is 5.25. The van der Waals surface area contributed by atoms with Gasteiger partial charge in [-0.15, -0.1) is 0 Å². The summed E-state index contributed by atoms with van der Waals surface area (Å²) in [4.78, 5) is 23.8. The molecule has 0 bridgehead atoms. The van der Waals surface area contributed by atoms with Gasteiger partial charge in [-0.05, 0) is 13.3 Å². The Balaban J connectivity index is 2.59. The summed E-state index contributed by atoms with van der Waals surface area (Å²) < 4.78 is 11.2. The van der Waals surface area contributed by atoms with Crippen molar-refractivity contribution in [1.82, 2.24) is 4.90 Å². The molecule has 1 heterocycles. The first-order valence-electron chi connectivity index (χ1n) is 4.89. The monoisotopic (exact) mass is 233 g/mol. The predicted octanol–water partition coefficient (Wildman–Crippen LogP) is -0.312. The van der Waals surface area contributed by atoms with Crippen molar-refractivity contribution in [3.63, 3.8) is 0 Å². The first kappa shape index (κ1) is 12.2. The third-order valence-corrected chi connectivity index (χ3v) is 3.82. The highest BCUT2D eigenvalue weighted by Crippen LogP contribution is 2.07. The molecular weight excluding hydrogens is 218 g/mol. The number of hydrogen-bond acceptors (Lipinski definition) is 3. The van der Waals surface area contributed by atoms with E-state index >= 15 is 0 Å². The molecule has 0 saturated carbocycles. The molecule has 0 aromatic heterocycles. The highest BCUT2D eigenvalue weighted by molar-refractivity contribution is 7.85. The molecule has 6 heteroatoms. The van der Waals surface area contributed by atoms with Crippen molar-refractivity contribution in [2.24, 2.45) is 5.92 Å². The lowest BCUT2D eigenvalue weighted by Gasteiger charge is -2.21. The summed E-state index contributed by atoms with van der Waals surface area (Å²) in [6, 6.07) is 0. The van der Waals surface area contributed by atoms with Crippen LogP contribution in [0.4, 0.5) is 0 Å². The Bertz CT molecular complexity index is 292.